The summed E-state index contributed by atoms with van der Waals surface area (Å²) in [4.78, 5) is 0. The third-order valence-electron chi connectivity index (χ3n) is 4.76. The maximum Gasteiger partial charge on any atom is 0.126 e. The average molecular weight is 333 g/mol. The first kappa shape index (κ1) is 15.6. The van der Waals surface area contributed by atoms with Crippen molar-refractivity contribution in [3.63, 3.8) is 0 Å². The average Bonchev–Trinajstić information content (AvgIpc) is 3.16. The van der Waals surface area contributed by atoms with Crippen molar-refractivity contribution in [1.29, 1.82) is 0 Å². The van der Waals surface area contributed by atoms with Crippen LogP contribution in [0.1, 0.15) is 36.6 Å². The number of aromatic nitrogens is 3. The fourth-order valence-electron chi connectivity index (χ4n) is 3.60. The molecule has 0 aliphatic rings. The molecular weight excluding hydrogens is 313 g/mol. The van der Waals surface area contributed by atoms with Crippen LogP contribution in [0.3, 0.4) is 0 Å². The standard InChI is InChI=1S/C21H20FN3/c1-5-16-17-10-19-14(11-23-24-19)9-20(17)25(21(16)12(2)3)15-6-7-18(22)13(4)8-15/h5-12H,1H2,2-4H3,(H,23,24). The minimum Gasteiger partial charge on any atom is -0.313 e. The molecule has 0 radical (unpaired) electrons. The van der Waals surface area contributed by atoms with Gasteiger partial charge in [-0.05, 0) is 48.7 Å². The number of hydrogen-bond donors (Lipinski definition) is 1. The molecule has 0 spiro atoms. The Hall–Kier alpha value is -2.88. The zero-order chi connectivity index (χ0) is 17.7. The van der Waals surface area contributed by atoms with E-state index in [2.05, 4.69) is 47.3 Å². The van der Waals surface area contributed by atoms with Gasteiger partial charge in [-0.15, -0.1) is 0 Å². The van der Waals surface area contributed by atoms with Crippen LogP contribution in [0.15, 0.2) is 43.1 Å². The first-order valence-corrected chi connectivity index (χ1v) is 8.41. The number of aryl methyl sites for hydroxylation is 1. The van der Waals surface area contributed by atoms with Gasteiger partial charge in [-0.2, -0.15) is 5.10 Å². The lowest BCUT2D eigenvalue weighted by Crippen LogP contribution is -2.03. The van der Waals surface area contributed by atoms with Crippen molar-refractivity contribution >= 4 is 27.9 Å². The Morgan fingerprint density at radius 2 is 2.04 bits per heavy atom. The second-order valence-corrected chi connectivity index (χ2v) is 6.75. The highest BCUT2D eigenvalue weighted by molar-refractivity contribution is 6.01. The van der Waals surface area contributed by atoms with E-state index >= 15 is 0 Å². The molecule has 4 aromatic rings. The Bertz CT molecular complexity index is 1120. The molecule has 4 heteroatoms. The van der Waals surface area contributed by atoms with E-state index in [0.717, 1.165) is 33.1 Å². The molecule has 126 valence electrons. The smallest absolute Gasteiger partial charge is 0.126 e. The fraction of sp³-hybridized carbons (Fsp3) is 0.190. The summed E-state index contributed by atoms with van der Waals surface area (Å²) in [5.41, 5.74) is 5.97. The Morgan fingerprint density at radius 3 is 2.72 bits per heavy atom. The van der Waals surface area contributed by atoms with Gasteiger partial charge in [-0.3, -0.25) is 5.10 Å². The van der Waals surface area contributed by atoms with Crippen molar-refractivity contribution in [2.24, 2.45) is 0 Å². The summed E-state index contributed by atoms with van der Waals surface area (Å²) >= 11 is 0. The predicted molar refractivity (Wildman–Crippen MR) is 102 cm³/mol. The van der Waals surface area contributed by atoms with E-state index < -0.39 is 0 Å². The molecule has 2 aromatic carbocycles. The number of hydrogen-bond acceptors (Lipinski definition) is 1. The summed E-state index contributed by atoms with van der Waals surface area (Å²) in [6.45, 7) is 10.2. The second kappa shape index (κ2) is 5.59. The van der Waals surface area contributed by atoms with Crippen molar-refractivity contribution < 1.29 is 4.39 Å². The van der Waals surface area contributed by atoms with Gasteiger partial charge in [0.2, 0.25) is 0 Å². The molecule has 0 saturated carbocycles. The van der Waals surface area contributed by atoms with Crippen molar-refractivity contribution in [2.75, 3.05) is 0 Å². The van der Waals surface area contributed by atoms with Crippen LogP contribution in [0, 0.1) is 12.7 Å². The van der Waals surface area contributed by atoms with Crippen LogP contribution in [-0.4, -0.2) is 14.8 Å². The van der Waals surface area contributed by atoms with E-state index in [4.69, 9.17) is 0 Å². The molecule has 0 saturated heterocycles. The van der Waals surface area contributed by atoms with Crippen LogP contribution in [0.4, 0.5) is 4.39 Å². The van der Waals surface area contributed by atoms with E-state index in [1.54, 1.807) is 6.92 Å². The Labute approximate surface area is 145 Å². The molecule has 0 unspecified atom stereocenters. The molecule has 0 atom stereocenters. The van der Waals surface area contributed by atoms with Crippen LogP contribution in [-0.2, 0) is 0 Å². The van der Waals surface area contributed by atoms with Crippen molar-refractivity contribution in [1.82, 2.24) is 14.8 Å². The summed E-state index contributed by atoms with van der Waals surface area (Å²) in [6, 6.07) is 9.51. The number of rotatable bonds is 3. The molecule has 4 rings (SSSR count). The topological polar surface area (TPSA) is 33.6 Å². The SMILES string of the molecule is C=Cc1c(C(C)C)n(-c2ccc(F)c(C)c2)c2cc3cn[nH]c3cc12. The lowest BCUT2D eigenvalue weighted by atomic mass is 10.0. The molecule has 3 nitrogen and oxygen atoms in total. The molecule has 0 amide bonds. The number of nitrogens with one attached hydrogen (secondary N) is 1. The molecule has 0 aliphatic carbocycles. The third kappa shape index (κ3) is 2.29. The summed E-state index contributed by atoms with van der Waals surface area (Å²) in [5.74, 6) is 0.106. The number of fused-ring (bicyclic) bond motifs is 2. The van der Waals surface area contributed by atoms with E-state index in [1.807, 2.05) is 24.4 Å². The van der Waals surface area contributed by atoms with Gasteiger partial charge in [0.15, 0.2) is 0 Å². The fourth-order valence-corrected chi connectivity index (χ4v) is 3.60. The van der Waals surface area contributed by atoms with Crippen molar-refractivity contribution in [3.05, 3.63) is 65.7 Å². The van der Waals surface area contributed by atoms with E-state index in [0.29, 0.717) is 11.5 Å². The largest absolute Gasteiger partial charge is 0.313 e. The minimum atomic E-state index is -0.188. The summed E-state index contributed by atoms with van der Waals surface area (Å²) in [7, 11) is 0. The highest BCUT2D eigenvalue weighted by atomic mass is 19.1. The minimum absolute atomic E-state index is 0.188. The van der Waals surface area contributed by atoms with Crippen LogP contribution in [0.25, 0.3) is 33.6 Å². The lowest BCUT2D eigenvalue weighted by molar-refractivity contribution is 0.618. The number of H-pyrrole nitrogens is 1. The van der Waals surface area contributed by atoms with Gasteiger partial charge in [0.1, 0.15) is 5.82 Å². The van der Waals surface area contributed by atoms with Crippen LogP contribution < -0.4 is 0 Å². The Kier molecular flexibility index (Phi) is 3.49. The van der Waals surface area contributed by atoms with Gasteiger partial charge in [0.05, 0.1) is 17.2 Å². The second-order valence-electron chi connectivity index (χ2n) is 6.75. The highest BCUT2D eigenvalue weighted by Crippen LogP contribution is 2.36. The normalized spacial score (nSPS) is 11.7. The lowest BCUT2D eigenvalue weighted by Gasteiger charge is -2.15. The molecule has 0 aliphatic heterocycles. The Morgan fingerprint density at radius 1 is 1.24 bits per heavy atom. The van der Waals surface area contributed by atoms with E-state index in [1.165, 1.54) is 11.8 Å². The summed E-state index contributed by atoms with van der Waals surface area (Å²) in [6.07, 6.45) is 3.73. The van der Waals surface area contributed by atoms with Crippen molar-refractivity contribution in [3.8, 4) is 5.69 Å². The maximum atomic E-state index is 13.8. The van der Waals surface area contributed by atoms with Crippen LogP contribution in [0.2, 0.25) is 0 Å². The van der Waals surface area contributed by atoms with Gasteiger partial charge in [-0.25, -0.2) is 4.39 Å². The molecule has 25 heavy (non-hydrogen) atoms. The summed E-state index contributed by atoms with van der Waals surface area (Å²) in [5, 5.41) is 9.34. The number of halogens is 1. The summed E-state index contributed by atoms with van der Waals surface area (Å²) < 4.78 is 16.0. The van der Waals surface area contributed by atoms with Gasteiger partial charge in [-0.1, -0.05) is 26.5 Å². The van der Waals surface area contributed by atoms with Gasteiger partial charge in [0.25, 0.3) is 0 Å². The Balaban J connectivity index is 2.17. The van der Waals surface area contributed by atoms with Gasteiger partial charge >= 0.3 is 0 Å². The maximum absolute atomic E-state index is 13.8. The highest BCUT2D eigenvalue weighted by Gasteiger charge is 2.20. The third-order valence-corrected chi connectivity index (χ3v) is 4.76. The molecule has 0 bridgehead atoms. The monoisotopic (exact) mass is 333 g/mol. The predicted octanol–water partition coefficient (Wildman–Crippen LogP) is 5.72. The van der Waals surface area contributed by atoms with E-state index in [9.17, 15) is 4.39 Å². The zero-order valence-corrected chi connectivity index (χ0v) is 14.6. The van der Waals surface area contributed by atoms with Crippen LogP contribution in [0.5, 0.6) is 0 Å². The zero-order valence-electron chi connectivity index (χ0n) is 14.6. The van der Waals surface area contributed by atoms with Crippen LogP contribution >= 0.6 is 0 Å². The molecular formula is C21H20FN3. The number of nitrogens with zero attached hydrogens (tertiary/aromatic N) is 2. The quantitative estimate of drug-likeness (QED) is 0.511. The molecule has 0 fully saturated rings. The van der Waals surface area contributed by atoms with E-state index in [-0.39, 0.29) is 5.82 Å². The van der Waals surface area contributed by atoms with Gasteiger partial charge < -0.3 is 4.57 Å². The van der Waals surface area contributed by atoms with Gasteiger partial charge in [0, 0.05) is 27.7 Å². The molecule has 1 N–H and O–H groups in total. The number of benzene rings is 2. The first-order chi connectivity index (χ1) is 12.0. The molecule has 2 heterocycles. The first-order valence-electron chi connectivity index (χ1n) is 8.41. The molecule has 2 aromatic heterocycles. The van der Waals surface area contributed by atoms with Crippen molar-refractivity contribution in [2.45, 2.75) is 26.7 Å². The number of aromatic amines is 1.